The van der Waals surface area contributed by atoms with Gasteiger partial charge in [0.05, 0.1) is 24.5 Å². The Bertz CT molecular complexity index is 412. The lowest BCUT2D eigenvalue weighted by molar-refractivity contribution is -0.137. The molecular formula is C12H15BrF3NO2. The number of hydrogen-bond donors (Lipinski definition) is 1. The molecule has 1 N–H and O–H groups in total. The minimum absolute atomic E-state index is 0.0352. The molecule has 0 saturated heterocycles. The monoisotopic (exact) mass is 341 g/mol. The predicted octanol–water partition coefficient (Wildman–Crippen LogP) is 2.91. The van der Waals surface area contributed by atoms with Gasteiger partial charge in [0, 0.05) is 24.7 Å². The number of rotatable bonds is 6. The van der Waals surface area contributed by atoms with Gasteiger partial charge in [0.25, 0.3) is 0 Å². The van der Waals surface area contributed by atoms with Crippen molar-refractivity contribution < 1.29 is 23.0 Å². The van der Waals surface area contributed by atoms with Gasteiger partial charge in [0.1, 0.15) is 0 Å². The fourth-order valence-corrected chi connectivity index (χ4v) is 2.03. The summed E-state index contributed by atoms with van der Waals surface area (Å²) in [6.45, 7) is 0.441. The highest BCUT2D eigenvalue weighted by atomic mass is 79.9. The summed E-state index contributed by atoms with van der Waals surface area (Å²) in [5.74, 6) is 0. The van der Waals surface area contributed by atoms with Gasteiger partial charge in [-0.05, 0) is 18.2 Å². The van der Waals surface area contributed by atoms with Gasteiger partial charge in [-0.1, -0.05) is 15.9 Å². The zero-order valence-electron chi connectivity index (χ0n) is 10.4. The number of halogens is 4. The van der Waals surface area contributed by atoms with E-state index in [-0.39, 0.29) is 32.0 Å². The van der Waals surface area contributed by atoms with E-state index < -0.39 is 11.7 Å². The van der Waals surface area contributed by atoms with E-state index in [0.29, 0.717) is 4.47 Å². The van der Waals surface area contributed by atoms with Crippen LogP contribution in [0.3, 0.4) is 0 Å². The molecular weight excluding hydrogens is 327 g/mol. The van der Waals surface area contributed by atoms with E-state index in [0.717, 1.165) is 6.07 Å². The van der Waals surface area contributed by atoms with Crippen LogP contribution in [0.15, 0.2) is 22.7 Å². The summed E-state index contributed by atoms with van der Waals surface area (Å²) in [6.07, 6.45) is -4.43. The highest BCUT2D eigenvalue weighted by Gasteiger charge is 2.34. The first-order chi connectivity index (χ1) is 8.90. The van der Waals surface area contributed by atoms with Gasteiger partial charge in [-0.25, -0.2) is 0 Å². The maximum atomic E-state index is 13.0. The van der Waals surface area contributed by atoms with Gasteiger partial charge in [-0.3, -0.25) is 0 Å². The summed E-state index contributed by atoms with van der Waals surface area (Å²) in [4.78, 5) is 1.46. The van der Waals surface area contributed by atoms with Crippen molar-refractivity contribution in [2.45, 2.75) is 6.18 Å². The van der Waals surface area contributed by atoms with Crippen molar-refractivity contribution in [3.63, 3.8) is 0 Å². The molecule has 0 spiro atoms. The normalized spacial score (nSPS) is 11.7. The largest absolute Gasteiger partial charge is 0.418 e. The van der Waals surface area contributed by atoms with Crippen molar-refractivity contribution in [2.75, 3.05) is 38.3 Å². The smallest absolute Gasteiger partial charge is 0.395 e. The lowest BCUT2D eigenvalue weighted by Gasteiger charge is -2.27. The molecule has 0 heterocycles. The molecule has 1 rings (SSSR count). The average molecular weight is 342 g/mol. The molecule has 0 amide bonds. The second-order valence-electron chi connectivity index (χ2n) is 3.86. The van der Waals surface area contributed by atoms with Gasteiger partial charge >= 0.3 is 6.18 Å². The molecule has 0 aliphatic heterocycles. The number of methoxy groups -OCH3 is 1. The van der Waals surface area contributed by atoms with Gasteiger partial charge < -0.3 is 14.7 Å². The Labute approximate surface area is 118 Å². The van der Waals surface area contributed by atoms with E-state index in [2.05, 4.69) is 15.9 Å². The molecule has 1 aromatic rings. The fraction of sp³-hybridized carbons (Fsp3) is 0.500. The molecule has 3 nitrogen and oxygen atoms in total. The van der Waals surface area contributed by atoms with Crippen LogP contribution in [0.5, 0.6) is 0 Å². The molecule has 0 atom stereocenters. The molecule has 19 heavy (non-hydrogen) atoms. The summed E-state index contributed by atoms with van der Waals surface area (Å²) >= 11 is 3.16. The second kappa shape index (κ2) is 7.12. The number of alkyl halides is 3. The molecule has 0 fully saturated rings. The maximum Gasteiger partial charge on any atom is 0.418 e. The Morgan fingerprint density at radius 2 is 2.00 bits per heavy atom. The highest BCUT2D eigenvalue weighted by Crippen LogP contribution is 2.38. The summed E-state index contributed by atoms with van der Waals surface area (Å²) < 4.78 is 44.3. The Balaban J connectivity index is 3.15. The van der Waals surface area contributed by atoms with Crippen LogP contribution in [0.1, 0.15) is 5.56 Å². The number of anilines is 1. The minimum atomic E-state index is -4.43. The third-order valence-corrected chi connectivity index (χ3v) is 3.03. The van der Waals surface area contributed by atoms with E-state index >= 15 is 0 Å². The Kier molecular flexibility index (Phi) is 6.09. The topological polar surface area (TPSA) is 32.7 Å². The van der Waals surface area contributed by atoms with E-state index in [1.54, 1.807) is 0 Å². The molecule has 0 aromatic heterocycles. The van der Waals surface area contributed by atoms with E-state index in [4.69, 9.17) is 9.84 Å². The van der Waals surface area contributed by atoms with Crippen LogP contribution in [0.2, 0.25) is 0 Å². The average Bonchev–Trinajstić information content (AvgIpc) is 2.32. The Morgan fingerprint density at radius 1 is 1.32 bits per heavy atom. The molecule has 0 bridgehead atoms. The van der Waals surface area contributed by atoms with Crippen LogP contribution >= 0.6 is 15.9 Å². The maximum absolute atomic E-state index is 13.0. The van der Waals surface area contributed by atoms with Gasteiger partial charge in [0.2, 0.25) is 0 Å². The van der Waals surface area contributed by atoms with Crippen LogP contribution in [0.4, 0.5) is 18.9 Å². The van der Waals surface area contributed by atoms with Crippen molar-refractivity contribution in [3.8, 4) is 0 Å². The standard InChI is InChI=1S/C12H15BrF3NO2/c1-19-7-5-17(4-6-18)11-8-9(13)2-3-10(11)12(14,15)16/h2-3,8,18H,4-7H2,1H3. The molecule has 0 unspecified atom stereocenters. The van der Waals surface area contributed by atoms with Crippen LogP contribution in [0.25, 0.3) is 0 Å². The van der Waals surface area contributed by atoms with Gasteiger partial charge in [0.15, 0.2) is 0 Å². The fourth-order valence-electron chi connectivity index (χ4n) is 1.68. The van der Waals surface area contributed by atoms with Crippen LogP contribution in [-0.4, -0.2) is 38.5 Å². The first-order valence-electron chi connectivity index (χ1n) is 5.61. The lowest BCUT2D eigenvalue weighted by atomic mass is 10.1. The zero-order chi connectivity index (χ0) is 14.5. The first-order valence-corrected chi connectivity index (χ1v) is 6.41. The molecule has 0 aliphatic carbocycles. The van der Waals surface area contributed by atoms with Crippen molar-refractivity contribution in [1.82, 2.24) is 0 Å². The number of hydrogen-bond acceptors (Lipinski definition) is 3. The number of benzene rings is 1. The third kappa shape index (κ3) is 4.67. The Hall–Kier alpha value is -0.790. The quantitative estimate of drug-likeness (QED) is 0.863. The second-order valence-corrected chi connectivity index (χ2v) is 4.78. The van der Waals surface area contributed by atoms with Gasteiger partial charge in [-0.2, -0.15) is 13.2 Å². The first kappa shape index (κ1) is 16.3. The molecule has 7 heteroatoms. The summed E-state index contributed by atoms with van der Waals surface area (Å²) in [7, 11) is 1.47. The SMILES string of the molecule is COCCN(CCO)c1cc(Br)ccc1C(F)(F)F. The van der Waals surface area contributed by atoms with Crippen LogP contribution in [-0.2, 0) is 10.9 Å². The molecule has 1 aromatic carbocycles. The summed E-state index contributed by atoms with van der Waals surface area (Å²) in [6, 6.07) is 3.77. The Morgan fingerprint density at radius 3 is 2.53 bits per heavy atom. The van der Waals surface area contributed by atoms with E-state index in [1.165, 1.54) is 24.1 Å². The number of ether oxygens (including phenoxy) is 1. The number of aliphatic hydroxyl groups excluding tert-OH is 1. The molecule has 0 radical (unpaired) electrons. The van der Waals surface area contributed by atoms with E-state index in [9.17, 15) is 13.2 Å². The molecule has 0 saturated carbocycles. The van der Waals surface area contributed by atoms with Crippen molar-refractivity contribution in [1.29, 1.82) is 0 Å². The van der Waals surface area contributed by atoms with Gasteiger partial charge in [-0.15, -0.1) is 0 Å². The van der Waals surface area contributed by atoms with E-state index in [1.807, 2.05) is 0 Å². The van der Waals surface area contributed by atoms with Crippen molar-refractivity contribution >= 4 is 21.6 Å². The van der Waals surface area contributed by atoms with Crippen molar-refractivity contribution in [3.05, 3.63) is 28.2 Å². The van der Waals surface area contributed by atoms with Crippen LogP contribution in [0, 0.1) is 0 Å². The number of aliphatic hydroxyl groups is 1. The van der Waals surface area contributed by atoms with Crippen LogP contribution < -0.4 is 4.90 Å². The molecule has 108 valence electrons. The lowest BCUT2D eigenvalue weighted by Crippen LogP contribution is -2.32. The highest BCUT2D eigenvalue weighted by molar-refractivity contribution is 9.10. The predicted molar refractivity (Wildman–Crippen MR) is 70.3 cm³/mol. The van der Waals surface area contributed by atoms with Crippen molar-refractivity contribution in [2.24, 2.45) is 0 Å². The zero-order valence-corrected chi connectivity index (χ0v) is 12.0. The number of nitrogens with zero attached hydrogens (tertiary/aromatic N) is 1. The third-order valence-electron chi connectivity index (χ3n) is 2.54. The summed E-state index contributed by atoms with van der Waals surface area (Å²) in [5.41, 5.74) is -0.687. The molecule has 0 aliphatic rings. The summed E-state index contributed by atoms with van der Waals surface area (Å²) in [5, 5.41) is 8.98. The minimum Gasteiger partial charge on any atom is -0.395 e.